The van der Waals surface area contributed by atoms with Crippen LogP contribution < -0.4 is 0 Å². The van der Waals surface area contributed by atoms with E-state index in [1.807, 2.05) is 0 Å². The van der Waals surface area contributed by atoms with Gasteiger partial charge in [-0.05, 0) is 6.92 Å². The van der Waals surface area contributed by atoms with Gasteiger partial charge in [-0.3, -0.25) is 0 Å². The molecule has 2 unspecified atom stereocenters. The lowest BCUT2D eigenvalue weighted by Crippen LogP contribution is -2.61. The van der Waals surface area contributed by atoms with Crippen molar-refractivity contribution in [3.05, 3.63) is 0 Å². The van der Waals surface area contributed by atoms with E-state index in [2.05, 4.69) is 0 Å². The summed E-state index contributed by atoms with van der Waals surface area (Å²) in [5, 5.41) is 7.83. The van der Waals surface area contributed by atoms with E-state index in [4.69, 9.17) is 5.11 Å². The van der Waals surface area contributed by atoms with E-state index in [0.29, 0.717) is 0 Å². The van der Waals surface area contributed by atoms with E-state index >= 15 is 0 Å². The van der Waals surface area contributed by atoms with Crippen molar-refractivity contribution in [2.24, 2.45) is 0 Å². The van der Waals surface area contributed by atoms with Crippen molar-refractivity contribution < 1.29 is 40.2 Å². The molecule has 0 bridgehead atoms. The lowest BCUT2D eigenvalue weighted by Gasteiger charge is -2.33. The molecule has 0 aliphatic rings. The average Bonchev–Trinajstić information content (AvgIpc) is 2.15. The molecular weight excluding hydrogens is 252 g/mol. The topological polar surface area (TPSA) is 20.2 Å². The van der Waals surface area contributed by atoms with Crippen molar-refractivity contribution in [2.75, 3.05) is 6.61 Å². The first-order valence-corrected chi connectivity index (χ1v) is 3.94. The molecule has 0 saturated heterocycles. The average molecular weight is 260 g/mol. The minimum atomic E-state index is -6.19. The Kier molecular flexibility index (Phi) is 4.18. The number of rotatable bonds is 5. The Morgan fingerprint density at radius 2 is 1.38 bits per heavy atom. The molecule has 0 fully saturated rings. The number of hydrogen-bond donors (Lipinski definition) is 1. The van der Waals surface area contributed by atoms with Gasteiger partial charge in [0.05, 0.1) is 0 Å². The van der Waals surface area contributed by atoms with Crippen LogP contribution in [-0.2, 0) is 0 Å². The molecule has 0 radical (unpaired) electrons. The number of halogens is 8. The molecule has 0 aliphatic heterocycles. The fourth-order valence-corrected chi connectivity index (χ4v) is 0.805. The first-order chi connectivity index (χ1) is 6.91. The van der Waals surface area contributed by atoms with E-state index in [1.54, 1.807) is 0 Å². The van der Waals surface area contributed by atoms with Gasteiger partial charge in [0.15, 0.2) is 0 Å². The van der Waals surface area contributed by atoms with Gasteiger partial charge in [0, 0.05) is 0 Å². The van der Waals surface area contributed by atoms with Crippen LogP contribution in [-0.4, -0.2) is 41.8 Å². The molecule has 0 saturated carbocycles. The maximum Gasteiger partial charge on any atom is 0.377 e. The highest BCUT2D eigenvalue weighted by molar-refractivity contribution is 5.01. The monoisotopic (exact) mass is 260 g/mol. The van der Waals surface area contributed by atoms with E-state index in [1.165, 1.54) is 0 Å². The standard InChI is InChI=1S/C7H8F8O/c1-3(8)4(9)6(12,13)7(14,15)5(10,11)2-16/h3-4,16H,2H2,1H3. The lowest BCUT2D eigenvalue weighted by molar-refractivity contribution is -0.334. The Balaban J connectivity index is 5.28. The van der Waals surface area contributed by atoms with Crippen molar-refractivity contribution in [1.29, 1.82) is 0 Å². The maximum atomic E-state index is 12.6. The molecule has 2 atom stereocenters. The highest BCUT2D eigenvalue weighted by Gasteiger charge is 2.75. The summed E-state index contributed by atoms with van der Waals surface area (Å²) >= 11 is 0. The molecule has 0 aromatic rings. The summed E-state index contributed by atoms with van der Waals surface area (Å²) in [5.41, 5.74) is 0. The van der Waals surface area contributed by atoms with Crippen LogP contribution in [0.1, 0.15) is 6.92 Å². The van der Waals surface area contributed by atoms with Crippen LogP contribution in [0.15, 0.2) is 0 Å². The Labute approximate surface area is 85.0 Å². The summed E-state index contributed by atoms with van der Waals surface area (Å²) in [5.74, 6) is -17.7. The van der Waals surface area contributed by atoms with Crippen LogP contribution in [0.2, 0.25) is 0 Å². The minimum absolute atomic E-state index is 0.186. The van der Waals surface area contributed by atoms with Crippen LogP contribution in [0.4, 0.5) is 35.1 Å². The Bertz CT molecular complexity index is 239. The van der Waals surface area contributed by atoms with Gasteiger partial charge in [-0.1, -0.05) is 0 Å². The molecule has 0 spiro atoms. The van der Waals surface area contributed by atoms with Crippen molar-refractivity contribution >= 4 is 0 Å². The highest BCUT2D eigenvalue weighted by Crippen LogP contribution is 2.48. The van der Waals surface area contributed by atoms with E-state index in [0.717, 1.165) is 0 Å². The molecule has 16 heavy (non-hydrogen) atoms. The van der Waals surface area contributed by atoms with Crippen LogP contribution in [0, 0.1) is 0 Å². The second-order valence-corrected chi connectivity index (χ2v) is 3.14. The molecule has 9 heteroatoms. The fourth-order valence-electron chi connectivity index (χ4n) is 0.805. The van der Waals surface area contributed by atoms with Crippen molar-refractivity contribution in [3.8, 4) is 0 Å². The normalized spacial score (nSPS) is 18.4. The van der Waals surface area contributed by atoms with Gasteiger partial charge in [-0.15, -0.1) is 0 Å². The Hall–Kier alpha value is -0.600. The molecule has 98 valence electrons. The molecule has 0 amide bonds. The minimum Gasteiger partial charge on any atom is -0.390 e. The second-order valence-electron chi connectivity index (χ2n) is 3.14. The zero-order valence-corrected chi connectivity index (χ0v) is 7.83. The Morgan fingerprint density at radius 3 is 1.62 bits per heavy atom. The van der Waals surface area contributed by atoms with Gasteiger partial charge >= 0.3 is 17.8 Å². The van der Waals surface area contributed by atoms with E-state index in [-0.39, 0.29) is 6.92 Å². The third kappa shape index (κ3) is 2.23. The van der Waals surface area contributed by atoms with Crippen LogP contribution >= 0.6 is 0 Å². The van der Waals surface area contributed by atoms with Crippen LogP contribution in [0.3, 0.4) is 0 Å². The molecule has 0 rings (SSSR count). The van der Waals surface area contributed by atoms with Gasteiger partial charge in [0.25, 0.3) is 0 Å². The van der Waals surface area contributed by atoms with Crippen molar-refractivity contribution in [2.45, 2.75) is 37.0 Å². The summed E-state index contributed by atoms with van der Waals surface area (Å²) in [4.78, 5) is 0. The number of aliphatic hydroxyl groups excluding tert-OH is 1. The largest absolute Gasteiger partial charge is 0.390 e. The number of alkyl halides is 8. The summed E-state index contributed by atoms with van der Waals surface area (Å²) in [7, 11) is 0. The van der Waals surface area contributed by atoms with Crippen LogP contribution in [0.25, 0.3) is 0 Å². The summed E-state index contributed by atoms with van der Waals surface area (Å²) in [6.07, 6.45) is -7.16. The maximum absolute atomic E-state index is 12.6. The summed E-state index contributed by atoms with van der Waals surface area (Å²) in [6.45, 7) is -2.42. The van der Waals surface area contributed by atoms with Crippen molar-refractivity contribution in [1.82, 2.24) is 0 Å². The molecule has 1 N–H and O–H groups in total. The lowest BCUT2D eigenvalue weighted by atomic mass is 9.98. The smallest absolute Gasteiger partial charge is 0.377 e. The predicted octanol–water partition coefficient (Wildman–Crippen LogP) is 2.58. The number of hydrogen-bond acceptors (Lipinski definition) is 1. The number of aliphatic hydroxyl groups is 1. The molecule has 1 nitrogen and oxygen atoms in total. The van der Waals surface area contributed by atoms with Gasteiger partial charge in [0.2, 0.25) is 6.17 Å². The van der Waals surface area contributed by atoms with E-state index in [9.17, 15) is 35.1 Å². The first-order valence-electron chi connectivity index (χ1n) is 3.94. The molecule has 0 aliphatic carbocycles. The van der Waals surface area contributed by atoms with Gasteiger partial charge in [0.1, 0.15) is 12.8 Å². The predicted molar refractivity (Wildman–Crippen MR) is 37.4 cm³/mol. The molecule has 0 aromatic carbocycles. The third-order valence-corrected chi connectivity index (χ3v) is 1.83. The SMILES string of the molecule is CC(F)C(F)C(F)(F)C(F)(F)C(F)(F)CO. The van der Waals surface area contributed by atoms with Gasteiger partial charge in [-0.25, -0.2) is 8.78 Å². The zero-order chi connectivity index (χ0) is 13.4. The zero-order valence-electron chi connectivity index (χ0n) is 7.83. The van der Waals surface area contributed by atoms with Gasteiger partial charge < -0.3 is 5.11 Å². The van der Waals surface area contributed by atoms with Gasteiger partial charge in [-0.2, -0.15) is 26.3 Å². The second kappa shape index (κ2) is 4.34. The quantitative estimate of drug-likeness (QED) is 0.753. The summed E-state index contributed by atoms with van der Waals surface area (Å²) < 4.78 is 99.3. The van der Waals surface area contributed by atoms with E-state index < -0.39 is 36.7 Å². The van der Waals surface area contributed by atoms with Crippen molar-refractivity contribution in [3.63, 3.8) is 0 Å². The first kappa shape index (κ1) is 15.4. The summed E-state index contributed by atoms with van der Waals surface area (Å²) in [6, 6.07) is 0. The molecule has 0 heterocycles. The fraction of sp³-hybridized carbons (Fsp3) is 1.00. The molecular formula is C7H8F8O. The third-order valence-electron chi connectivity index (χ3n) is 1.83. The Morgan fingerprint density at radius 1 is 1.00 bits per heavy atom. The molecule has 0 aromatic heterocycles. The van der Waals surface area contributed by atoms with Crippen LogP contribution in [0.5, 0.6) is 0 Å². The highest BCUT2D eigenvalue weighted by atomic mass is 19.3.